The van der Waals surface area contributed by atoms with Gasteiger partial charge in [-0.2, -0.15) is 11.8 Å². The molecule has 0 radical (unpaired) electrons. The van der Waals surface area contributed by atoms with Gasteiger partial charge in [0, 0.05) is 30.8 Å². The summed E-state index contributed by atoms with van der Waals surface area (Å²) < 4.78 is 0. The van der Waals surface area contributed by atoms with E-state index < -0.39 is 0 Å². The highest BCUT2D eigenvalue weighted by molar-refractivity contribution is 7.99. The Balaban J connectivity index is 1.86. The van der Waals surface area contributed by atoms with E-state index in [0.717, 1.165) is 43.6 Å². The van der Waals surface area contributed by atoms with E-state index in [1.54, 1.807) is 0 Å². The third-order valence-corrected chi connectivity index (χ3v) is 5.08. The first-order valence-corrected chi connectivity index (χ1v) is 7.44. The summed E-state index contributed by atoms with van der Waals surface area (Å²) in [6, 6.07) is 0.805. The fraction of sp³-hybridized carbons (Fsp3) is 0.917. The van der Waals surface area contributed by atoms with Gasteiger partial charge >= 0.3 is 0 Å². The van der Waals surface area contributed by atoms with Crippen molar-refractivity contribution >= 4 is 17.7 Å². The minimum atomic E-state index is 0.283. The van der Waals surface area contributed by atoms with Crippen LogP contribution in [0.3, 0.4) is 0 Å². The normalized spacial score (nSPS) is 35.0. The molecule has 2 rings (SSSR count). The van der Waals surface area contributed by atoms with Crippen LogP contribution >= 0.6 is 11.8 Å². The van der Waals surface area contributed by atoms with Crippen LogP contribution in [0, 0.1) is 5.92 Å². The molecule has 2 fully saturated rings. The van der Waals surface area contributed by atoms with E-state index >= 15 is 0 Å². The predicted molar refractivity (Wildman–Crippen MR) is 68.4 cm³/mol. The molecule has 1 aliphatic heterocycles. The van der Waals surface area contributed by atoms with Crippen molar-refractivity contribution in [2.75, 3.05) is 18.6 Å². The van der Waals surface area contributed by atoms with Gasteiger partial charge in [-0.05, 0) is 37.9 Å². The number of rotatable bonds is 2. The van der Waals surface area contributed by atoms with Gasteiger partial charge in [-0.15, -0.1) is 0 Å². The van der Waals surface area contributed by atoms with E-state index in [1.807, 2.05) is 23.7 Å². The second-order valence-electron chi connectivity index (χ2n) is 5.08. The van der Waals surface area contributed by atoms with E-state index in [0.29, 0.717) is 18.0 Å². The van der Waals surface area contributed by atoms with Gasteiger partial charge < -0.3 is 10.6 Å². The summed E-state index contributed by atoms with van der Waals surface area (Å²) in [4.78, 5) is 14.2. The van der Waals surface area contributed by atoms with Crippen molar-refractivity contribution in [1.29, 1.82) is 0 Å². The minimum absolute atomic E-state index is 0.283. The standard InChI is InChI=1S/C12H22N2OS/c1-14(11-4-2-10(13)3-5-11)12(15)9-6-7-16-8-9/h9-11H,2-8,13H2,1H3. The summed E-state index contributed by atoms with van der Waals surface area (Å²) in [6.07, 6.45) is 5.38. The Morgan fingerprint density at radius 2 is 1.94 bits per heavy atom. The number of thioether (sulfide) groups is 1. The zero-order valence-corrected chi connectivity index (χ0v) is 10.8. The minimum Gasteiger partial charge on any atom is -0.343 e. The lowest BCUT2D eigenvalue weighted by Crippen LogP contribution is -2.44. The van der Waals surface area contributed by atoms with Crippen molar-refractivity contribution in [3.63, 3.8) is 0 Å². The molecule has 1 saturated heterocycles. The summed E-state index contributed by atoms with van der Waals surface area (Å²) >= 11 is 1.91. The Hall–Kier alpha value is -0.220. The smallest absolute Gasteiger partial charge is 0.226 e. The highest BCUT2D eigenvalue weighted by Crippen LogP contribution is 2.28. The van der Waals surface area contributed by atoms with Gasteiger partial charge in [0.1, 0.15) is 0 Å². The van der Waals surface area contributed by atoms with Crippen LogP contribution in [-0.4, -0.2) is 41.4 Å². The highest BCUT2D eigenvalue weighted by Gasteiger charge is 2.31. The second-order valence-corrected chi connectivity index (χ2v) is 6.23. The Kier molecular flexibility index (Phi) is 4.14. The molecule has 2 N–H and O–H groups in total. The van der Waals surface area contributed by atoms with Crippen molar-refractivity contribution < 1.29 is 4.79 Å². The maximum Gasteiger partial charge on any atom is 0.226 e. The number of nitrogens with two attached hydrogens (primary N) is 1. The zero-order valence-electron chi connectivity index (χ0n) is 10.0. The van der Waals surface area contributed by atoms with E-state index in [-0.39, 0.29) is 5.92 Å². The van der Waals surface area contributed by atoms with Crippen molar-refractivity contribution in [3.8, 4) is 0 Å². The van der Waals surface area contributed by atoms with Crippen LogP contribution in [0.25, 0.3) is 0 Å². The van der Waals surface area contributed by atoms with E-state index in [2.05, 4.69) is 0 Å². The number of hydrogen-bond acceptors (Lipinski definition) is 3. The molecule has 0 aromatic carbocycles. The van der Waals surface area contributed by atoms with Gasteiger partial charge in [-0.3, -0.25) is 4.79 Å². The highest BCUT2D eigenvalue weighted by atomic mass is 32.2. The lowest BCUT2D eigenvalue weighted by atomic mass is 9.90. The zero-order chi connectivity index (χ0) is 11.5. The summed E-state index contributed by atoms with van der Waals surface area (Å²) in [6.45, 7) is 0. The Morgan fingerprint density at radius 1 is 1.25 bits per heavy atom. The Bertz CT molecular complexity index is 245. The third-order valence-electron chi connectivity index (χ3n) is 3.92. The number of hydrogen-bond donors (Lipinski definition) is 1. The molecular weight excluding hydrogens is 220 g/mol. The molecule has 0 aromatic heterocycles. The molecule has 1 atom stereocenters. The van der Waals surface area contributed by atoms with Crippen LogP contribution in [0.5, 0.6) is 0 Å². The molecule has 1 saturated carbocycles. The number of nitrogens with zero attached hydrogens (tertiary/aromatic N) is 1. The number of amides is 1. The molecule has 0 bridgehead atoms. The van der Waals surface area contributed by atoms with Crippen molar-refractivity contribution in [3.05, 3.63) is 0 Å². The molecule has 2 aliphatic rings. The fourth-order valence-corrected chi connectivity index (χ4v) is 3.90. The maximum absolute atomic E-state index is 12.2. The molecule has 92 valence electrons. The quantitative estimate of drug-likeness (QED) is 0.797. The van der Waals surface area contributed by atoms with Gasteiger partial charge in [-0.25, -0.2) is 0 Å². The Labute approximate surface area is 102 Å². The predicted octanol–water partition coefficient (Wildman–Crippen LogP) is 1.47. The van der Waals surface area contributed by atoms with Crippen LogP contribution in [0.1, 0.15) is 32.1 Å². The molecule has 0 aromatic rings. The summed E-state index contributed by atoms with van der Waals surface area (Å²) in [5, 5.41) is 0. The first-order valence-electron chi connectivity index (χ1n) is 6.28. The Morgan fingerprint density at radius 3 is 2.50 bits per heavy atom. The molecule has 0 spiro atoms. The lowest BCUT2D eigenvalue weighted by Gasteiger charge is -2.34. The van der Waals surface area contributed by atoms with Gasteiger partial charge in [0.15, 0.2) is 0 Å². The summed E-state index contributed by atoms with van der Waals surface area (Å²) in [5.74, 6) is 2.82. The molecule has 3 nitrogen and oxygen atoms in total. The molecular formula is C12H22N2OS. The van der Waals surface area contributed by atoms with Crippen LogP contribution in [0.15, 0.2) is 0 Å². The largest absolute Gasteiger partial charge is 0.343 e. The van der Waals surface area contributed by atoms with Crippen molar-refractivity contribution in [2.45, 2.75) is 44.2 Å². The SMILES string of the molecule is CN(C(=O)C1CCSC1)C1CCC(N)CC1. The van der Waals surface area contributed by atoms with Gasteiger partial charge in [-0.1, -0.05) is 0 Å². The number of carbonyl (C=O) groups excluding carboxylic acids is 1. The molecule has 1 heterocycles. The first-order chi connectivity index (χ1) is 7.68. The molecule has 16 heavy (non-hydrogen) atoms. The molecule has 1 aliphatic carbocycles. The van der Waals surface area contributed by atoms with Gasteiger partial charge in [0.2, 0.25) is 5.91 Å². The third kappa shape index (κ3) is 2.72. The van der Waals surface area contributed by atoms with Gasteiger partial charge in [0.05, 0.1) is 0 Å². The fourth-order valence-electron chi connectivity index (χ4n) is 2.69. The second kappa shape index (κ2) is 5.41. The van der Waals surface area contributed by atoms with E-state index in [1.165, 1.54) is 0 Å². The summed E-state index contributed by atoms with van der Waals surface area (Å²) in [5.41, 5.74) is 5.89. The first kappa shape index (κ1) is 12.2. The maximum atomic E-state index is 12.2. The summed E-state index contributed by atoms with van der Waals surface area (Å²) in [7, 11) is 1.98. The number of carbonyl (C=O) groups is 1. The topological polar surface area (TPSA) is 46.3 Å². The lowest BCUT2D eigenvalue weighted by molar-refractivity contribution is -0.136. The van der Waals surface area contributed by atoms with Crippen LogP contribution in [0.4, 0.5) is 0 Å². The van der Waals surface area contributed by atoms with Crippen LogP contribution in [0.2, 0.25) is 0 Å². The molecule has 4 heteroatoms. The van der Waals surface area contributed by atoms with Crippen molar-refractivity contribution in [1.82, 2.24) is 4.90 Å². The average molecular weight is 242 g/mol. The van der Waals surface area contributed by atoms with Crippen LogP contribution in [-0.2, 0) is 4.79 Å². The van der Waals surface area contributed by atoms with E-state index in [4.69, 9.17) is 5.73 Å². The van der Waals surface area contributed by atoms with Crippen LogP contribution < -0.4 is 5.73 Å². The average Bonchev–Trinajstić information content (AvgIpc) is 2.81. The van der Waals surface area contributed by atoms with Gasteiger partial charge in [0.25, 0.3) is 0 Å². The monoisotopic (exact) mass is 242 g/mol. The molecule has 1 unspecified atom stereocenters. The van der Waals surface area contributed by atoms with Crippen molar-refractivity contribution in [2.24, 2.45) is 11.7 Å². The molecule has 1 amide bonds. The van der Waals surface area contributed by atoms with E-state index in [9.17, 15) is 4.79 Å².